The summed E-state index contributed by atoms with van der Waals surface area (Å²) in [6.07, 6.45) is -0.662. The van der Waals surface area contributed by atoms with Gasteiger partial charge in [0.2, 0.25) is 24.0 Å². The maximum Gasteiger partial charge on any atom is 0.310 e. The molecule has 0 bridgehead atoms. The summed E-state index contributed by atoms with van der Waals surface area (Å²) in [5.41, 5.74) is -0.377. The van der Waals surface area contributed by atoms with E-state index in [1.165, 1.54) is 11.0 Å². The van der Waals surface area contributed by atoms with Crippen LogP contribution in [0.3, 0.4) is 0 Å². The van der Waals surface area contributed by atoms with Gasteiger partial charge in [-0.25, -0.2) is 0 Å². The molecular formula is C30H45ClN4O7. The fraction of sp³-hybridized carbons (Fsp3) is 0.633. The minimum atomic E-state index is -1.04. The minimum Gasteiger partial charge on any atom is -0.433 e. The molecule has 2 rings (SSSR count). The van der Waals surface area contributed by atoms with Gasteiger partial charge in [0.15, 0.2) is 0 Å². The molecule has 1 aromatic carbocycles. The predicted molar refractivity (Wildman–Crippen MR) is 160 cm³/mol. The molecule has 42 heavy (non-hydrogen) atoms. The van der Waals surface area contributed by atoms with Crippen LogP contribution in [0.2, 0.25) is 5.02 Å². The molecule has 0 aromatic heterocycles. The van der Waals surface area contributed by atoms with E-state index in [0.717, 1.165) is 0 Å². The van der Waals surface area contributed by atoms with Crippen LogP contribution in [0.15, 0.2) is 18.2 Å². The number of hydrogen-bond acceptors (Lipinski definition) is 7. The van der Waals surface area contributed by atoms with Crippen LogP contribution in [0.5, 0.6) is 0 Å². The number of nitrogens with one attached hydrogen (secondary N) is 3. The number of ether oxygens (including phenoxy) is 2. The van der Waals surface area contributed by atoms with E-state index in [1.807, 2.05) is 20.8 Å². The van der Waals surface area contributed by atoms with Gasteiger partial charge in [-0.2, -0.15) is 0 Å². The van der Waals surface area contributed by atoms with Gasteiger partial charge in [-0.1, -0.05) is 59.2 Å². The zero-order valence-corrected chi connectivity index (χ0v) is 26.8. The second-order valence-electron chi connectivity index (χ2n) is 12.0. The first-order valence-corrected chi connectivity index (χ1v) is 14.7. The Morgan fingerprint density at radius 2 is 1.74 bits per heavy atom. The molecule has 1 aliphatic rings. The highest BCUT2D eigenvalue weighted by Gasteiger charge is 2.43. The number of benzene rings is 1. The van der Waals surface area contributed by atoms with Crippen molar-refractivity contribution in [1.29, 1.82) is 0 Å². The van der Waals surface area contributed by atoms with Gasteiger partial charge < -0.3 is 30.3 Å². The number of carbonyl (C=O) groups is 5. The van der Waals surface area contributed by atoms with Crippen LogP contribution in [-0.2, 0) is 28.7 Å². The minimum absolute atomic E-state index is 0.0411. The van der Waals surface area contributed by atoms with Crippen LogP contribution >= 0.6 is 11.6 Å². The maximum absolute atomic E-state index is 14.2. The number of anilines is 1. The normalized spacial score (nSPS) is 18.3. The number of halogens is 1. The Kier molecular flexibility index (Phi) is 12.4. The highest BCUT2D eigenvalue weighted by Crippen LogP contribution is 2.29. The van der Waals surface area contributed by atoms with E-state index in [1.54, 1.807) is 53.7 Å². The molecule has 3 N–H and O–H groups in total. The average Bonchev–Trinajstić information content (AvgIpc) is 3.23. The first kappa shape index (κ1) is 35.0. The summed E-state index contributed by atoms with van der Waals surface area (Å²) >= 11 is 6.51. The molecule has 1 heterocycles. The van der Waals surface area contributed by atoms with E-state index in [9.17, 15) is 24.0 Å². The topological polar surface area (TPSA) is 143 Å². The number of hydrogen-bond donors (Lipinski definition) is 3. The molecule has 1 aliphatic heterocycles. The average molecular weight is 609 g/mol. The Bertz CT molecular complexity index is 1160. The molecular weight excluding hydrogens is 564 g/mol. The van der Waals surface area contributed by atoms with Crippen molar-refractivity contribution in [2.45, 2.75) is 106 Å². The third-order valence-electron chi connectivity index (χ3n) is 6.87. The second kappa shape index (κ2) is 14.8. The summed E-state index contributed by atoms with van der Waals surface area (Å²) in [7, 11) is 0. The van der Waals surface area contributed by atoms with E-state index < -0.39 is 59.6 Å². The molecule has 0 saturated carbocycles. The van der Waals surface area contributed by atoms with Crippen LogP contribution < -0.4 is 16.0 Å². The summed E-state index contributed by atoms with van der Waals surface area (Å²) in [4.78, 5) is 66.7. The van der Waals surface area contributed by atoms with Crippen molar-refractivity contribution in [3.05, 3.63) is 28.8 Å². The molecule has 4 amide bonds. The van der Waals surface area contributed by atoms with Gasteiger partial charge in [-0.05, 0) is 44.7 Å². The van der Waals surface area contributed by atoms with E-state index in [0.29, 0.717) is 6.61 Å². The van der Waals surface area contributed by atoms with E-state index in [2.05, 4.69) is 16.0 Å². The number of amides is 4. The highest BCUT2D eigenvalue weighted by molar-refractivity contribution is 6.37. The smallest absolute Gasteiger partial charge is 0.310 e. The number of cyclic esters (lactones) is 1. The number of esters is 1. The molecule has 1 aromatic rings. The van der Waals surface area contributed by atoms with Gasteiger partial charge in [0.05, 0.1) is 22.7 Å². The molecule has 4 unspecified atom stereocenters. The van der Waals surface area contributed by atoms with Gasteiger partial charge in [-0.15, -0.1) is 0 Å². The van der Waals surface area contributed by atoms with Crippen molar-refractivity contribution in [3.63, 3.8) is 0 Å². The van der Waals surface area contributed by atoms with E-state index >= 15 is 0 Å². The lowest BCUT2D eigenvalue weighted by atomic mass is 9.84. The summed E-state index contributed by atoms with van der Waals surface area (Å²) in [5.74, 6) is -2.54. The standard InChI is InChI=1S/C30H45ClN4O7/c1-10-21(27(39)33-20-15-22(36)42-29(20)41-11-2)35(17(5)6)28(40)24(30(7,8)9)34-26(38)18-13-12-14-19(23(18)31)32-25(37)16(3)4/h12-14,16-17,20-21,24,29H,10-11,15H2,1-9H3,(H,32,37)(H,33,39)(H,34,38). The monoisotopic (exact) mass is 608 g/mol. The fourth-order valence-electron chi connectivity index (χ4n) is 4.61. The molecule has 234 valence electrons. The summed E-state index contributed by atoms with van der Waals surface area (Å²) in [6, 6.07) is 1.67. The third-order valence-corrected chi connectivity index (χ3v) is 7.28. The lowest BCUT2D eigenvalue weighted by Gasteiger charge is -2.40. The van der Waals surface area contributed by atoms with Crippen LogP contribution in [0.1, 0.15) is 85.5 Å². The van der Waals surface area contributed by atoms with Crippen LogP contribution in [0, 0.1) is 11.3 Å². The summed E-state index contributed by atoms with van der Waals surface area (Å²) in [6.45, 7) is 16.3. The largest absolute Gasteiger partial charge is 0.433 e. The van der Waals surface area contributed by atoms with Crippen LogP contribution in [0.4, 0.5) is 5.69 Å². The van der Waals surface area contributed by atoms with Crippen molar-refractivity contribution < 1.29 is 33.4 Å². The van der Waals surface area contributed by atoms with Gasteiger partial charge in [0.1, 0.15) is 18.1 Å². The Morgan fingerprint density at radius 3 is 2.26 bits per heavy atom. The molecule has 11 nitrogen and oxygen atoms in total. The van der Waals surface area contributed by atoms with Gasteiger partial charge in [0, 0.05) is 18.6 Å². The zero-order chi connectivity index (χ0) is 31.9. The highest BCUT2D eigenvalue weighted by atomic mass is 35.5. The van der Waals surface area contributed by atoms with Gasteiger partial charge in [-0.3, -0.25) is 24.0 Å². The van der Waals surface area contributed by atoms with Crippen molar-refractivity contribution >= 4 is 46.9 Å². The van der Waals surface area contributed by atoms with E-state index in [4.69, 9.17) is 21.1 Å². The lowest BCUT2D eigenvalue weighted by molar-refractivity contribution is -0.164. The van der Waals surface area contributed by atoms with Crippen LogP contribution in [0.25, 0.3) is 0 Å². The fourth-order valence-corrected chi connectivity index (χ4v) is 4.87. The number of nitrogens with zero attached hydrogens (tertiary/aromatic N) is 1. The van der Waals surface area contributed by atoms with Crippen LogP contribution in [-0.4, -0.2) is 71.6 Å². The van der Waals surface area contributed by atoms with Crippen molar-refractivity contribution in [2.75, 3.05) is 11.9 Å². The van der Waals surface area contributed by atoms with Crippen molar-refractivity contribution in [3.8, 4) is 0 Å². The van der Waals surface area contributed by atoms with Gasteiger partial charge >= 0.3 is 5.97 Å². The molecule has 0 radical (unpaired) electrons. The Labute approximate surface area is 253 Å². The number of carbonyl (C=O) groups excluding carboxylic acids is 5. The van der Waals surface area contributed by atoms with Crippen molar-refractivity contribution in [2.24, 2.45) is 11.3 Å². The van der Waals surface area contributed by atoms with Gasteiger partial charge in [0.25, 0.3) is 5.91 Å². The maximum atomic E-state index is 14.2. The predicted octanol–water partition coefficient (Wildman–Crippen LogP) is 3.89. The van der Waals surface area contributed by atoms with Crippen molar-refractivity contribution in [1.82, 2.24) is 15.5 Å². The molecule has 1 fully saturated rings. The molecule has 0 spiro atoms. The lowest BCUT2D eigenvalue weighted by Crippen LogP contribution is -2.61. The summed E-state index contributed by atoms with van der Waals surface area (Å²) in [5, 5.41) is 8.42. The van der Waals surface area contributed by atoms with E-state index in [-0.39, 0.29) is 40.9 Å². The molecule has 1 saturated heterocycles. The first-order valence-electron chi connectivity index (χ1n) is 14.4. The Hall–Kier alpha value is -3.18. The third kappa shape index (κ3) is 8.67. The second-order valence-corrected chi connectivity index (χ2v) is 12.4. The summed E-state index contributed by atoms with van der Waals surface area (Å²) < 4.78 is 10.6. The SMILES string of the molecule is CCOC1OC(=O)CC1NC(=O)C(CC)N(C(=O)C(NC(=O)c1cccc(NC(=O)C(C)C)c1Cl)C(C)(C)C)C(C)C. The Balaban J connectivity index is 2.35. The quantitative estimate of drug-likeness (QED) is 0.306. The molecule has 0 aliphatic carbocycles. The Morgan fingerprint density at radius 1 is 1.10 bits per heavy atom. The zero-order valence-electron chi connectivity index (χ0n) is 26.0. The number of rotatable bonds is 12. The molecule has 4 atom stereocenters. The first-order chi connectivity index (χ1) is 19.5. The molecule has 12 heteroatoms.